The third kappa shape index (κ3) is 3.80. The van der Waals surface area contributed by atoms with Crippen LogP contribution in [0.1, 0.15) is 29.0 Å². The molecule has 0 aliphatic heterocycles. The number of halogens is 1. The summed E-state index contributed by atoms with van der Waals surface area (Å²) >= 11 is 6.02. The van der Waals surface area contributed by atoms with Crippen molar-refractivity contribution in [3.05, 3.63) is 52.9 Å². The van der Waals surface area contributed by atoms with Crippen LogP contribution in [-0.4, -0.2) is 32.3 Å². The number of carbonyl (C=O) groups is 1. The van der Waals surface area contributed by atoms with Gasteiger partial charge < -0.3 is 9.32 Å². The Morgan fingerprint density at radius 3 is 2.75 bits per heavy atom. The van der Waals surface area contributed by atoms with Crippen LogP contribution in [0.3, 0.4) is 0 Å². The van der Waals surface area contributed by atoms with Gasteiger partial charge in [-0.05, 0) is 43.2 Å². The van der Waals surface area contributed by atoms with Gasteiger partial charge in [-0.15, -0.1) is 0 Å². The summed E-state index contributed by atoms with van der Waals surface area (Å²) in [7, 11) is -2.11. The molecule has 0 unspecified atom stereocenters. The van der Waals surface area contributed by atoms with E-state index < -0.39 is 10.0 Å². The van der Waals surface area contributed by atoms with Crippen LogP contribution in [0.5, 0.6) is 0 Å². The normalized spacial score (nSPS) is 14.6. The van der Waals surface area contributed by atoms with E-state index in [-0.39, 0.29) is 34.0 Å². The van der Waals surface area contributed by atoms with Gasteiger partial charge >= 0.3 is 0 Å². The summed E-state index contributed by atoms with van der Waals surface area (Å²) in [4.78, 5) is 13.9. The Balaban J connectivity index is 1.83. The van der Waals surface area contributed by atoms with E-state index in [0.717, 1.165) is 12.8 Å². The third-order valence-electron chi connectivity index (χ3n) is 3.69. The Kier molecular flexibility index (Phi) is 4.67. The first kappa shape index (κ1) is 17.0. The summed E-state index contributed by atoms with van der Waals surface area (Å²) in [5.74, 6) is 0.328. The van der Waals surface area contributed by atoms with Crippen LogP contribution < -0.4 is 4.72 Å². The van der Waals surface area contributed by atoms with Crippen LogP contribution in [-0.2, 0) is 16.6 Å². The lowest BCUT2D eigenvalue weighted by Crippen LogP contribution is -2.28. The molecule has 0 radical (unpaired) electrons. The van der Waals surface area contributed by atoms with Gasteiger partial charge in [-0.3, -0.25) is 4.79 Å². The quantitative estimate of drug-likeness (QED) is 0.850. The average molecular weight is 369 g/mol. The molecule has 0 saturated heterocycles. The molecule has 1 N–H and O–H groups in total. The van der Waals surface area contributed by atoms with Crippen LogP contribution >= 0.6 is 11.6 Å². The topological polar surface area (TPSA) is 79.6 Å². The molecule has 1 fully saturated rings. The van der Waals surface area contributed by atoms with Crippen LogP contribution in [0, 0.1) is 0 Å². The smallest absolute Gasteiger partial charge is 0.254 e. The molecule has 1 aliphatic rings. The highest BCUT2D eigenvalue weighted by Crippen LogP contribution is 2.27. The molecule has 0 spiro atoms. The number of rotatable bonds is 6. The lowest BCUT2D eigenvalue weighted by atomic mass is 10.2. The van der Waals surface area contributed by atoms with Crippen molar-refractivity contribution < 1.29 is 17.6 Å². The summed E-state index contributed by atoms with van der Waals surface area (Å²) in [6.07, 6.45) is 3.17. The Morgan fingerprint density at radius 2 is 2.12 bits per heavy atom. The first-order chi connectivity index (χ1) is 11.4. The molecule has 24 heavy (non-hydrogen) atoms. The zero-order valence-electron chi connectivity index (χ0n) is 13.0. The monoisotopic (exact) mass is 368 g/mol. The predicted molar refractivity (Wildman–Crippen MR) is 89.3 cm³/mol. The second-order valence-electron chi connectivity index (χ2n) is 5.78. The van der Waals surface area contributed by atoms with Crippen molar-refractivity contribution in [2.75, 3.05) is 7.05 Å². The first-order valence-electron chi connectivity index (χ1n) is 7.46. The van der Waals surface area contributed by atoms with Gasteiger partial charge in [0.05, 0.1) is 17.8 Å². The number of sulfonamides is 1. The zero-order chi connectivity index (χ0) is 17.3. The van der Waals surface area contributed by atoms with E-state index in [9.17, 15) is 13.2 Å². The number of benzene rings is 1. The number of amides is 1. The first-order valence-corrected chi connectivity index (χ1v) is 9.32. The van der Waals surface area contributed by atoms with Gasteiger partial charge in [0, 0.05) is 18.7 Å². The summed E-state index contributed by atoms with van der Waals surface area (Å²) < 4.78 is 32.5. The van der Waals surface area contributed by atoms with Gasteiger partial charge in [-0.2, -0.15) is 0 Å². The van der Waals surface area contributed by atoms with Crippen molar-refractivity contribution in [3.8, 4) is 0 Å². The molecule has 0 atom stereocenters. The maximum Gasteiger partial charge on any atom is 0.254 e. The number of hydrogen-bond donors (Lipinski definition) is 1. The van der Waals surface area contributed by atoms with E-state index in [1.165, 1.54) is 29.4 Å². The third-order valence-corrected chi connectivity index (χ3v) is 5.69. The molecule has 6 nitrogen and oxygen atoms in total. The number of furan rings is 1. The van der Waals surface area contributed by atoms with E-state index in [1.54, 1.807) is 19.2 Å². The summed E-state index contributed by atoms with van der Waals surface area (Å²) in [6, 6.07) is 7.72. The van der Waals surface area contributed by atoms with E-state index >= 15 is 0 Å². The molecule has 1 heterocycles. The number of nitrogens with zero attached hydrogens (tertiary/aromatic N) is 1. The van der Waals surface area contributed by atoms with Crippen molar-refractivity contribution >= 4 is 27.5 Å². The van der Waals surface area contributed by atoms with Crippen molar-refractivity contribution in [2.45, 2.75) is 30.3 Å². The number of nitrogens with one attached hydrogen (secondary N) is 1. The Bertz CT molecular complexity index is 845. The highest BCUT2D eigenvalue weighted by molar-refractivity contribution is 7.89. The summed E-state index contributed by atoms with van der Waals surface area (Å²) in [5, 5.41) is 0.0911. The highest BCUT2D eigenvalue weighted by Gasteiger charge is 2.30. The Labute approximate surface area is 145 Å². The van der Waals surface area contributed by atoms with Gasteiger partial charge in [0.25, 0.3) is 5.91 Å². The van der Waals surface area contributed by atoms with Crippen molar-refractivity contribution in [3.63, 3.8) is 0 Å². The Hall–Kier alpha value is -1.83. The second kappa shape index (κ2) is 6.58. The van der Waals surface area contributed by atoms with Crippen molar-refractivity contribution in [1.29, 1.82) is 0 Å². The molecule has 0 bridgehead atoms. The van der Waals surface area contributed by atoms with Gasteiger partial charge in [0.1, 0.15) is 10.7 Å². The molecule has 1 saturated carbocycles. The minimum Gasteiger partial charge on any atom is -0.467 e. The highest BCUT2D eigenvalue weighted by atomic mass is 35.5. The van der Waals surface area contributed by atoms with Crippen LogP contribution in [0.4, 0.5) is 0 Å². The maximum atomic E-state index is 12.5. The van der Waals surface area contributed by atoms with E-state index in [2.05, 4.69) is 4.72 Å². The fourth-order valence-electron chi connectivity index (χ4n) is 2.25. The number of carbonyl (C=O) groups excluding carboxylic acids is 1. The van der Waals surface area contributed by atoms with Gasteiger partial charge in [0.15, 0.2) is 0 Å². The maximum absolute atomic E-state index is 12.5. The fourth-order valence-corrected chi connectivity index (χ4v) is 4.09. The molecule has 1 amide bonds. The van der Waals surface area contributed by atoms with Gasteiger partial charge in [0.2, 0.25) is 10.0 Å². The van der Waals surface area contributed by atoms with Gasteiger partial charge in [-0.1, -0.05) is 11.6 Å². The Morgan fingerprint density at radius 1 is 1.38 bits per heavy atom. The standard InChI is InChI=1S/C16H17ClN2O4S/c1-19(10-13-3-2-8-23-13)16(20)11-4-7-14(17)15(9-11)24(21,22)18-12-5-6-12/h2-4,7-9,12,18H,5-6,10H2,1H3. The zero-order valence-corrected chi connectivity index (χ0v) is 14.6. The lowest BCUT2D eigenvalue weighted by Gasteiger charge is -2.17. The van der Waals surface area contributed by atoms with Crippen LogP contribution in [0.2, 0.25) is 5.02 Å². The van der Waals surface area contributed by atoms with Crippen LogP contribution in [0.25, 0.3) is 0 Å². The minimum atomic E-state index is -3.73. The molecule has 1 aromatic carbocycles. The second-order valence-corrected chi connectivity index (χ2v) is 7.87. The van der Waals surface area contributed by atoms with Gasteiger partial charge in [-0.25, -0.2) is 13.1 Å². The van der Waals surface area contributed by atoms with Crippen LogP contribution in [0.15, 0.2) is 45.9 Å². The molecular formula is C16H17ClN2O4S. The molecule has 8 heteroatoms. The molecule has 128 valence electrons. The molecule has 1 aliphatic carbocycles. The van der Waals surface area contributed by atoms with E-state index in [1.807, 2.05) is 0 Å². The van der Waals surface area contributed by atoms with Crippen molar-refractivity contribution in [2.24, 2.45) is 0 Å². The number of hydrogen-bond acceptors (Lipinski definition) is 4. The lowest BCUT2D eigenvalue weighted by molar-refractivity contribution is 0.0775. The molecular weight excluding hydrogens is 352 g/mol. The minimum absolute atomic E-state index is 0.0351. The molecule has 2 aromatic rings. The van der Waals surface area contributed by atoms with E-state index in [4.69, 9.17) is 16.0 Å². The summed E-state index contributed by atoms with van der Waals surface area (Å²) in [6.45, 7) is 0.289. The largest absolute Gasteiger partial charge is 0.467 e. The predicted octanol–water partition coefficient (Wildman–Crippen LogP) is 2.65. The van der Waals surface area contributed by atoms with Crippen molar-refractivity contribution in [1.82, 2.24) is 9.62 Å². The molecule has 1 aromatic heterocycles. The average Bonchev–Trinajstić information content (AvgIpc) is 3.18. The fraction of sp³-hybridized carbons (Fsp3) is 0.312. The molecule has 3 rings (SSSR count). The van der Waals surface area contributed by atoms with E-state index in [0.29, 0.717) is 5.76 Å². The summed E-state index contributed by atoms with van der Waals surface area (Å²) in [5.41, 5.74) is 0.254. The SMILES string of the molecule is CN(Cc1ccco1)C(=O)c1ccc(Cl)c(S(=O)(=O)NC2CC2)c1.